The van der Waals surface area contributed by atoms with E-state index in [1.54, 1.807) is 11.8 Å². The van der Waals surface area contributed by atoms with Gasteiger partial charge < -0.3 is 4.57 Å². The smallest absolute Gasteiger partial charge is 0.238 e. The van der Waals surface area contributed by atoms with Crippen molar-refractivity contribution in [3.63, 3.8) is 0 Å². The van der Waals surface area contributed by atoms with Gasteiger partial charge in [-0.15, -0.1) is 11.8 Å². The zero-order valence-electron chi connectivity index (χ0n) is 15.4. The van der Waals surface area contributed by atoms with Crippen molar-refractivity contribution < 1.29 is 4.79 Å². The molecule has 3 aromatic carbocycles. The number of benzene rings is 3. The molecule has 1 aliphatic rings. The normalized spacial score (nSPS) is 17.1. The van der Waals surface area contributed by atoms with Gasteiger partial charge in [-0.25, -0.2) is 0 Å². The van der Waals surface area contributed by atoms with E-state index in [9.17, 15) is 4.79 Å². The molecule has 0 spiro atoms. The van der Waals surface area contributed by atoms with E-state index in [0.717, 1.165) is 17.8 Å². The van der Waals surface area contributed by atoms with Gasteiger partial charge in [0.2, 0.25) is 5.91 Å². The van der Waals surface area contributed by atoms with Gasteiger partial charge in [0, 0.05) is 39.1 Å². The number of hydrogen-bond donors (Lipinski definition) is 0. The van der Waals surface area contributed by atoms with E-state index in [-0.39, 0.29) is 11.3 Å². The number of halogens is 1. The Morgan fingerprint density at radius 3 is 2.54 bits per heavy atom. The minimum atomic E-state index is -0.0261. The molecule has 2 heterocycles. The van der Waals surface area contributed by atoms with Crippen molar-refractivity contribution in [3.05, 3.63) is 77.3 Å². The van der Waals surface area contributed by atoms with Gasteiger partial charge in [-0.1, -0.05) is 35.9 Å². The van der Waals surface area contributed by atoms with Gasteiger partial charge in [-0.2, -0.15) is 0 Å². The molecular weight excluding hydrogens is 388 g/mol. The number of aromatic nitrogens is 1. The largest absolute Gasteiger partial charge is 0.341 e. The van der Waals surface area contributed by atoms with Gasteiger partial charge >= 0.3 is 0 Å². The third kappa shape index (κ3) is 2.71. The van der Waals surface area contributed by atoms with Gasteiger partial charge in [0.05, 0.1) is 5.75 Å². The fourth-order valence-electron chi connectivity index (χ4n) is 4.12. The molecule has 1 saturated heterocycles. The molecule has 1 amide bonds. The highest BCUT2D eigenvalue weighted by Gasteiger charge is 2.34. The predicted molar refractivity (Wildman–Crippen MR) is 119 cm³/mol. The van der Waals surface area contributed by atoms with Crippen LogP contribution in [0.25, 0.3) is 21.8 Å². The summed E-state index contributed by atoms with van der Waals surface area (Å²) in [5, 5.41) is 3.15. The summed E-state index contributed by atoms with van der Waals surface area (Å²) >= 11 is 7.71. The number of aryl methyl sites for hydroxylation is 1. The molecule has 1 aromatic heterocycles. The molecule has 28 heavy (non-hydrogen) atoms. The maximum Gasteiger partial charge on any atom is 0.238 e. The number of thioether (sulfide) groups is 1. The molecule has 1 atom stereocenters. The Morgan fingerprint density at radius 1 is 1.00 bits per heavy atom. The van der Waals surface area contributed by atoms with E-state index >= 15 is 0 Å². The van der Waals surface area contributed by atoms with Crippen LogP contribution in [0.15, 0.2) is 66.7 Å². The molecule has 0 N–H and O–H groups in total. The molecule has 5 heteroatoms. The highest BCUT2D eigenvalue weighted by molar-refractivity contribution is 8.00. The number of amides is 1. The highest BCUT2D eigenvalue weighted by atomic mass is 35.5. The number of hydrogen-bond acceptors (Lipinski definition) is 2. The maximum atomic E-state index is 12.6. The van der Waals surface area contributed by atoms with Gasteiger partial charge in [-0.05, 0) is 55.0 Å². The topological polar surface area (TPSA) is 25.2 Å². The van der Waals surface area contributed by atoms with Crippen LogP contribution < -0.4 is 4.90 Å². The second-order valence-corrected chi connectivity index (χ2v) is 8.45. The molecule has 4 aromatic rings. The minimum Gasteiger partial charge on any atom is -0.341 e. The van der Waals surface area contributed by atoms with Crippen molar-refractivity contribution >= 4 is 56.8 Å². The van der Waals surface area contributed by atoms with Crippen LogP contribution in [-0.2, 0) is 11.3 Å². The Bertz CT molecular complexity index is 1200. The number of nitrogens with zero attached hydrogens (tertiary/aromatic N) is 2. The van der Waals surface area contributed by atoms with Crippen LogP contribution in [0.3, 0.4) is 0 Å². The third-order valence-corrected chi connectivity index (χ3v) is 6.83. The Balaban J connectivity index is 1.65. The zero-order valence-corrected chi connectivity index (χ0v) is 17.0. The number of carbonyl (C=O) groups is 1. The Morgan fingerprint density at radius 2 is 1.75 bits per heavy atom. The highest BCUT2D eigenvalue weighted by Crippen LogP contribution is 2.43. The standard InChI is InChI=1S/C23H19ClN2OS/c1-2-25-20-6-4-3-5-18(20)19-13-15(7-12-21(19)25)23-26(22(27)14-28-23)17-10-8-16(24)9-11-17/h3-13,23H,2,14H2,1H3. The fourth-order valence-corrected chi connectivity index (χ4v) is 5.41. The van der Waals surface area contributed by atoms with Crippen LogP contribution in [0.1, 0.15) is 17.9 Å². The van der Waals surface area contributed by atoms with Crippen molar-refractivity contribution in [1.82, 2.24) is 4.57 Å². The Labute approximate surface area is 172 Å². The van der Waals surface area contributed by atoms with Crippen LogP contribution in [0.4, 0.5) is 5.69 Å². The van der Waals surface area contributed by atoms with Crippen LogP contribution in [-0.4, -0.2) is 16.2 Å². The van der Waals surface area contributed by atoms with Crippen LogP contribution in [0, 0.1) is 0 Å². The van der Waals surface area contributed by atoms with Crippen molar-refractivity contribution in [3.8, 4) is 0 Å². The van der Waals surface area contributed by atoms with E-state index in [4.69, 9.17) is 11.6 Å². The molecular formula is C23H19ClN2OS. The van der Waals surface area contributed by atoms with E-state index in [2.05, 4.69) is 54.0 Å². The lowest BCUT2D eigenvalue weighted by Crippen LogP contribution is -2.27. The quantitative estimate of drug-likeness (QED) is 0.402. The molecule has 140 valence electrons. The summed E-state index contributed by atoms with van der Waals surface area (Å²) in [7, 11) is 0. The second kappa shape index (κ2) is 6.87. The molecule has 1 fully saturated rings. The molecule has 0 bridgehead atoms. The number of carbonyl (C=O) groups excluding carboxylic acids is 1. The number of para-hydroxylation sites is 1. The lowest BCUT2D eigenvalue weighted by Gasteiger charge is -2.24. The average Bonchev–Trinajstić information content (AvgIpc) is 3.26. The summed E-state index contributed by atoms with van der Waals surface area (Å²) in [5.74, 6) is 0.621. The Kier molecular flexibility index (Phi) is 4.33. The maximum absolute atomic E-state index is 12.6. The van der Waals surface area contributed by atoms with Gasteiger partial charge in [0.1, 0.15) is 5.37 Å². The van der Waals surface area contributed by atoms with Gasteiger partial charge in [0.25, 0.3) is 0 Å². The molecule has 0 saturated carbocycles. The van der Waals surface area contributed by atoms with Crippen molar-refractivity contribution in [2.24, 2.45) is 0 Å². The predicted octanol–water partition coefficient (Wildman–Crippen LogP) is 6.25. The minimum absolute atomic E-state index is 0.0261. The SMILES string of the molecule is CCn1c2ccccc2c2cc(C3SCC(=O)N3c3ccc(Cl)cc3)ccc21. The Hall–Kier alpha value is -2.43. The summed E-state index contributed by atoms with van der Waals surface area (Å²) in [5.41, 5.74) is 4.53. The summed E-state index contributed by atoms with van der Waals surface area (Å²) in [6.07, 6.45) is 0. The summed E-state index contributed by atoms with van der Waals surface area (Å²) in [6.45, 7) is 3.10. The fraction of sp³-hybridized carbons (Fsp3) is 0.174. The number of anilines is 1. The molecule has 5 rings (SSSR count). The average molecular weight is 407 g/mol. The lowest BCUT2D eigenvalue weighted by molar-refractivity contribution is -0.115. The summed E-state index contributed by atoms with van der Waals surface area (Å²) in [4.78, 5) is 14.5. The molecule has 0 radical (unpaired) electrons. The van der Waals surface area contributed by atoms with Crippen molar-refractivity contribution in [1.29, 1.82) is 0 Å². The van der Waals surface area contributed by atoms with Crippen molar-refractivity contribution in [2.75, 3.05) is 10.7 Å². The first-order valence-electron chi connectivity index (χ1n) is 9.37. The van der Waals surface area contributed by atoms with Crippen LogP contribution in [0.2, 0.25) is 5.02 Å². The number of fused-ring (bicyclic) bond motifs is 3. The van der Waals surface area contributed by atoms with E-state index in [1.165, 1.54) is 21.8 Å². The van der Waals surface area contributed by atoms with Crippen LogP contribution in [0.5, 0.6) is 0 Å². The molecule has 0 aliphatic carbocycles. The van der Waals surface area contributed by atoms with E-state index in [0.29, 0.717) is 10.8 Å². The van der Waals surface area contributed by atoms with Crippen molar-refractivity contribution in [2.45, 2.75) is 18.8 Å². The van der Waals surface area contributed by atoms with Crippen LogP contribution >= 0.6 is 23.4 Å². The monoisotopic (exact) mass is 406 g/mol. The first-order chi connectivity index (χ1) is 13.7. The lowest BCUT2D eigenvalue weighted by atomic mass is 10.1. The first-order valence-corrected chi connectivity index (χ1v) is 10.8. The van der Waals surface area contributed by atoms with Gasteiger partial charge in [0.15, 0.2) is 0 Å². The second-order valence-electron chi connectivity index (χ2n) is 6.94. The molecule has 1 unspecified atom stereocenters. The van der Waals surface area contributed by atoms with Gasteiger partial charge in [-0.3, -0.25) is 9.69 Å². The number of rotatable bonds is 3. The summed E-state index contributed by atoms with van der Waals surface area (Å²) in [6, 6.07) is 22.6. The summed E-state index contributed by atoms with van der Waals surface area (Å²) < 4.78 is 2.35. The molecule has 1 aliphatic heterocycles. The third-order valence-electron chi connectivity index (χ3n) is 5.37. The van der Waals surface area contributed by atoms with E-state index < -0.39 is 0 Å². The molecule has 3 nitrogen and oxygen atoms in total. The van der Waals surface area contributed by atoms with E-state index in [1.807, 2.05) is 29.2 Å². The first kappa shape index (κ1) is 17.7. The zero-order chi connectivity index (χ0) is 19.3.